The van der Waals surface area contributed by atoms with Crippen molar-refractivity contribution in [2.24, 2.45) is 0 Å². The van der Waals surface area contributed by atoms with E-state index in [0.29, 0.717) is 19.3 Å². The normalized spacial score (nSPS) is 18.8. The fourth-order valence-electron chi connectivity index (χ4n) is 0.577. The Labute approximate surface area is 53.9 Å². The summed E-state index contributed by atoms with van der Waals surface area (Å²) in [7, 11) is 0. The molecule has 0 aromatic carbocycles. The predicted molar refractivity (Wildman–Crippen MR) is 30.4 cm³/mol. The number of carbonyl (C=O) groups excluding carboxylic acids is 1. The lowest BCUT2D eigenvalue weighted by molar-refractivity contribution is -0.153. The molecule has 0 N–H and O–H groups in total. The Morgan fingerprint density at radius 3 is 2.89 bits per heavy atom. The molecule has 1 saturated heterocycles. The zero-order valence-electron chi connectivity index (χ0n) is 5.35. The highest BCUT2D eigenvalue weighted by Gasteiger charge is 2.29. The molecule has 0 aromatic heterocycles. The second kappa shape index (κ2) is 2.82. The van der Waals surface area contributed by atoms with Crippen LogP contribution in [-0.4, -0.2) is 19.2 Å². The van der Waals surface area contributed by atoms with Gasteiger partial charge in [-0.15, -0.1) is 0 Å². The van der Waals surface area contributed by atoms with Gasteiger partial charge in [0.15, 0.2) is 0 Å². The summed E-state index contributed by atoms with van der Waals surface area (Å²) in [6, 6.07) is 0. The number of hydrogen-bond donors (Lipinski definition) is 0. The van der Waals surface area contributed by atoms with Gasteiger partial charge in [0.1, 0.15) is 0 Å². The highest BCUT2D eigenvalue weighted by molar-refractivity contribution is 5.83. The average Bonchev–Trinajstić information content (AvgIpc) is 1.60. The number of hydrogen-bond acceptors (Lipinski definition) is 3. The fraction of sp³-hybridized carbons (Fsp3) is 0.667. The van der Waals surface area contributed by atoms with Gasteiger partial charge in [0, 0.05) is 6.42 Å². The lowest BCUT2D eigenvalue weighted by atomic mass is 10.2. The van der Waals surface area contributed by atoms with Gasteiger partial charge in [0.2, 0.25) is 6.10 Å². The SMILES string of the molecule is CCOC(=O)[C]1CCO1. The Kier molecular flexibility index (Phi) is 2.05. The van der Waals surface area contributed by atoms with E-state index in [4.69, 9.17) is 4.74 Å². The zero-order valence-corrected chi connectivity index (χ0v) is 5.35. The van der Waals surface area contributed by atoms with E-state index < -0.39 is 0 Å². The van der Waals surface area contributed by atoms with Crippen LogP contribution in [0.1, 0.15) is 13.3 Å². The molecule has 51 valence electrons. The van der Waals surface area contributed by atoms with Crippen LogP contribution >= 0.6 is 0 Å². The van der Waals surface area contributed by atoms with Gasteiger partial charge in [0.05, 0.1) is 13.2 Å². The van der Waals surface area contributed by atoms with Crippen LogP contribution in [0.4, 0.5) is 0 Å². The molecule has 0 spiro atoms. The van der Waals surface area contributed by atoms with Gasteiger partial charge in [-0.2, -0.15) is 0 Å². The molecule has 1 heterocycles. The molecule has 0 bridgehead atoms. The van der Waals surface area contributed by atoms with E-state index in [9.17, 15) is 4.79 Å². The molecule has 0 saturated carbocycles. The van der Waals surface area contributed by atoms with Crippen molar-refractivity contribution in [1.29, 1.82) is 0 Å². The highest BCUT2D eigenvalue weighted by atomic mass is 16.6. The third-order valence-corrected chi connectivity index (χ3v) is 1.11. The second-order valence-corrected chi connectivity index (χ2v) is 1.74. The largest absolute Gasteiger partial charge is 0.464 e. The summed E-state index contributed by atoms with van der Waals surface area (Å²) in [6.07, 6.45) is 1.20. The maximum atomic E-state index is 10.6. The standard InChI is InChI=1S/C6H9O3/c1-2-8-6(7)5-3-4-9-5/h2-4H2,1H3. The highest BCUT2D eigenvalue weighted by Crippen LogP contribution is 2.20. The van der Waals surface area contributed by atoms with Crippen LogP contribution in [0.5, 0.6) is 0 Å². The number of esters is 1. The van der Waals surface area contributed by atoms with Crippen LogP contribution in [0, 0.1) is 6.10 Å². The van der Waals surface area contributed by atoms with Crippen molar-refractivity contribution in [3.8, 4) is 0 Å². The monoisotopic (exact) mass is 129 g/mol. The van der Waals surface area contributed by atoms with Gasteiger partial charge in [-0.25, -0.2) is 4.79 Å². The fourth-order valence-corrected chi connectivity index (χ4v) is 0.577. The molecule has 3 nitrogen and oxygen atoms in total. The summed E-state index contributed by atoms with van der Waals surface area (Å²) >= 11 is 0. The Morgan fingerprint density at radius 2 is 2.56 bits per heavy atom. The van der Waals surface area contributed by atoms with Crippen molar-refractivity contribution in [3.05, 3.63) is 6.10 Å². The van der Waals surface area contributed by atoms with E-state index in [-0.39, 0.29) is 5.97 Å². The number of ether oxygens (including phenoxy) is 2. The molecule has 1 radical (unpaired) electrons. The van der Waals surface area contributed by atoms with Crippen LogP contribution in [0.3, 0.4) is 0 Å². The summed E-state index contributed by atoms with van der Waals surface area (Å²) in [5.74, 6) is -0.302. The molecule has 0 unspecified atom stereocenters. The molecular weight excluding hydrogens is 120 g/mol. The van der Waals surface area contributed by atoms with Crippen molar-refractivity contribution in [2.75, 3.05) is 13.2 Å². The van der Waals surface area contributed by atoms with E-state index in [1.54, 1.807) is 6.92 Å². The van der Waals surface area contributed by atoms with Crippen molar-refractivity contribution < 1.29 is 14.3 Å². The molecular formula is C6H9O3. The summed E-state index contributed by atoms with van der Waals surface area (Å²) in [4.78, 5) is 10.6. The zero-order chi connectivity index (χ0) is 6.69. The first kappa shape index (κ1) is 6.55. The first-order chi connectivity index (χ1) is 4.34. The molecule has 1 fully saturated rings. The van der Waals surface area contributed by atoms with Gasteiger partial charge in [-0.3, -0.25) is 0 Å². The molecule has 9 heavy (non-hydrogen) atoms. The van der Waals surface area contributed by atoms with Gasteiger partial charge >= 0.3 is 5.97 Å². The maximum Gasteiger partial charge on any atom is 0.342 e. The van der Waals surface area contributed by atoms with Crippen molar-refractivity contribution in [1.82, 2.24) is 0 Å². The summed E-state index contributed by atoms with van der Waals surface area (Å²) in [5, 5.41) is 0. The van der Waals surface area contributed by atoms with Crippen LogP contribution < -0.4 is 0 Å². The minimum absolute atomic E-state index is 0.302. The third-order valence-electron chi connectivity index (χ3n) is 1.11. The smallest absolute Gasteiger partial charge is 0.342 e. The topological polar surface area (TPSA) is 35.5 Å². The molecule has 3 heteroatoms. The molecule has 1 aliphatic rings. The molecule has 0 atom stereocenters. The predicted octanol–water partition coefficient (Wildman–Crippen LogP) is 0.502. The van der Waals surface area contributed by atoms with Crippen molar-refractivity contribution >= 4 is 5.97 Å². The van der Waals surface area contributed by atoms with E-state index in [1.165, 1.54) is 0 Å². The Balaban J connectivity index is 2.16. The molecule has 1 aliphatic heterocycles. The summed E-state index contributed by atoms with van der Waals surface area (Å²) in [6.45, 7) is 2.86. The van der Waals surface area contributed by atoms with Crippen LogP contribution in [0.15, 0.2) is 0 Å². The average molecular weight is 129 g/mol. The minimum atomic E-state index is -0.302. The Hall–Kier alpha value is -0.570. The van der Waals surface area contributed by atoms with Gasteiger partial charge in [-0.1, -0.05) is 0 Å². The van der Waals surface area contributed by atoms with E-state index in [1.807, 2.05) is 0 Å². The quantitative estimate of drug-likeness (QED) is 0.509. The molecule has 0 aliphatic carbocycles. The number of carbonyl (C=O) groups is 1. The lowest BCUT2D eigenvalue weighted by Crippen LogP contribution is -2.28. The Morgan fingerprint density at radius 1 is 1.89 bits per heavy atom. The van der Waals surface area contributed by atoms with Crippen LogP contribution in [0.2, 0.25) is 0 Å². The van der Waals surface area contributed by atoms with Crippen LogP contribution in [0.25, 0.3) is 0 Å². The summed E-state index contributed by atoms with van der Waals surface area (Å²) < 4.78 is 9.43. The van der Waals surface area contributed by atoms with Gasteiger partial charge < -0.3 is 9.47 Å². The molecule has 0 aromatic rings. The summed E-state index contributed by atoms with van der Waals surface area (Å²) in [5.41, 5.74) is 0. The lowest BCUT2D eigenvalue weighted by Gasteiger charge is -2.22. The van der Waals surface area contributed by atoms with E-state index in [0.717, 1.165) is 6.42 Å². The van der Waals surface area contributed by atoms with E-state index >= 15 is 0 Å². The van der Waals surface area contributed by atoms with Crippen LogP contribution in [-0.2, 0) is 14.3 Å². The van der Waals surface area contributed by atoms with E-state index in [2.05, 4.69) is 4.74 Å². The first-order valence-corrected chi connectivity index (χ1v) is 3.00. The molecule has 1 rings (SSSR count). The van der Waals surface area contributed by atoms with Gasteiger partial charge in [-0.05, 0) is 6.92 Å². The number of rotatable bonds is 2. The van der Waals surface area contributed by atoms with Gasteiger partial charge in [0.25, 0.3) is 0 Å². The molecule has 0 amide bonds. The maximum absolute atomic E-state index is 10.6. The van der Waals surface area contributed by atoms with Crippen molar-refractivity contribution in [2.45, 2.75) is 13.3 Å². The first-order valence-electron chi connectivity index (χ1n) is 3.00. The second-order valence-electron chi connectivity index (χ2n) is 1.74. The minimum Gasteiger partial charge on any atom is -0.464 e. The van der Waals surface area contributed by atoms with Crippen molar-refractivity contribution in [3.63, 3.8) is 0 Å². The Bertz CT molecular complexity index is 107. The third kappa shape index (κ3) is 1.42.